The van der Waals surface area contributed by atoms with Gasteiger partial charge in [0.05, 0.1) is 22.2 Å². The van der Waals surface area contributed by atoms with E-state index in [0.717, 1.165) is 4.88 Å². The lowest BCUT2D eigenvalue weighted by Crippen LogP contribution is -2.33. The first-order valence-electron chi connectivity index (χ1n) is 6.98. The van der Waals surface area contributed by atoms with Crippen LogP contribution in [0, 0.1) is 17.0 Å². The van der Waals surface area contributed by atoms with Crippen LogP contribution in [0.1, 0.15) is 22.9 Å². The summed E-state index contributed by atoms with van der Waals surface area (Å²) in [7, 11) is 0. The fourth-order valence-corrected chi connectivity index (χ4v) is 2.99. The molecule has 122 valence electrons. The zero-order chi connectivity index (χ0) is 16.8. The second-order valence-electron chi connectivity index (χ2n) is 4.89. The van der Waals surface area contributed by atoms with Gasteiger partial charge in [-0.25, -0.2) is 4.79 Å². The molecule has 3 N–H and O–H groups in total. The molecule has 0 aliphatic rings. The Morgan fingerprint density at radius 3 is 2.78 bits per heavy atom. The Morgan fingerprint density at radius 2 is 2.17 bits per heavy atom. The number of nitro groups is 1. The summed E-state index contributed by atoms with van der Waals surface area (Å²) >= 11 is 1.49. The topological polar surface area (TPSA) is 104 Å². The number of carbonyl (C=O) groups is 1. The number of benzene rings is 1. The molecule has 1 heterocycles. The number of thiophene rings is 1. The molecule has 8 heteroatoms. The summed E-state index contributed by atoms with van der Waals surface area (Å²) in [5.74, 6) is 0. The maximum absolute atomic E-state index is 12.2. The van der Waals surface area contributed by atoms with Crippen LogP contribution in [-0.2, 0) is 0 Å². The van der Waals surface area contributed by atoms with Gasteiger partial charge < -0.3 is 15.7 Å². The smallest absolute Gasteiger partial charge is 0.319 e. The van der Waals surface area contributed by atoms with E-state index in [4.69, 9.17) is 5.11 Å². The normalized spacial score (nSPS) is 11.7. The molecule has 2 rings (SSSR count). The molecule has 0 saturated heterocycles. The Kier molecular flexibility index (Phi) is 5.67. The number of hydrogen-bond donors (Lipinski definition) is 3. The molecule has 0 unspecified atom stereocenters. The Morgan fingerprint density at radius 1 is 1.39 bits per heavy atom. The van der Waals surface area contributed by atoms with E-state index in [2.05, 4.69) is 10.6 Å². The first kappa shape index (κ1) is 16.9. The van der Waals surface area contributed by atoms with E-state index in [1.807, 2.05) is 17.5 Å². The van der Waals surface area contributed by atoms with Gasteiger partial charge in [-0.3, -0.25) is 10.1 Å². The van der Waals surface area contributed by atoms with E-state index >= 15 is 0 Å². The highest BCUT2D eigenvalue weighted by Crippen LogP contribution is 2.26. The Balaban J connectivity index is 2.10. The summed E-state index contributed by atoms with van der Waals surface area (Å²) in [4.78, 5) is 23.5. The van der Waals surface area contributed by atoms with Crippen molar-refractivity contribution >= 4 is 28.7 Å². The maximum atomic E-state index is 12.2. The van der Waals surface area contributed by atoms with Crippen molar-refractivity contribution in [2.45, 2.75) is 19.4 Å². The molecule has 0 aliphatic carbocycles. The highest BCUT2D eigenvalue weighted by Gasteiger charge is 2.18. The van der Waals surface area contributed by atoms with E-state index in [0.29, 0.717) is 17.7 Å². The Bertz CT molecular complexity index is 688. The van der Waals surface area contributed by atoms with Crippen LogP contribution in [0.5, 0.6) is 0 Å². The average Bonchev–Trinajstić information content (AvgIpc) is 3.03. The third-order valence-corrected chi connectivity index (χ3v) is 4.35. The van der Waals surface area contributed by atoms with E-state index in [1.165, 1.54) is 23.5 Å². The van der Waals surface area contributed by atoms with Gasteiger partial charge in [0.2, 0.25) is 0 Å². The van der Waals surface area contributed by atoms with Gasteiger partial charge in [-0.05, 0) is 30.9 Å². The molecule has 1 aromatic heterocycles. The van der Waals surface area contributed by atoms with Crippen molar-refractivity contribution in [3.05, 3.63) is 56.3 Å². The third kappa shape index (κ3) is 4.27. The number of rotatable bonds is 6. The lowest BCUT2D eigenvalue weighted by atomic mass is 10.1. The minimum Gasteiger partial charge on any atom is -0.396 e. The summed E-state index contributed by atoms with van der Waals surface area (Å²) in [6.45, 7) is 1.52. The number of amides is 2. The summed E-state index contributed by atoms with van der Waals surface area (Å²) < 4.78 is 0. The SMILES string of the molecule is Cc1c(NC(=O)N[C@H](CCO)c2cccs2)cccc1[N+](=O)[O-]. The lowest BCUT2D eigenvalue weighted by molar-refractivity contribution is -0.385. The van der Waals surface area contributed by atoms with E-state index in [9.17, 15) is 14.9 Å². The van der Waals surface area contributed by atoms with Gasteiger partial charge >= 0.3 is 6.03 Å². The summed E-state index contributed by atoms with van der Waals surface area (Å²) in [6, 6.07) is 7.48. The number of aliphatic hydroxyl groups is 1. The summed E-state index contributed by atoms with van der Waals surface area (Å²) in [5, 5.41) is 27.4. The van der Waals surface area contributed by atoms with E-state index in [-0.39, 0.29) is 18.3 Å². The molecule has 0 fully saturated rings. The number of hydrogen-bond acceptors (Lipinski definition) is 5. The maximum Gasteiger partial charge on any atom is 0.319 e. The minimum absolute atomic E-state index is 0.0482. The molecule has 1 aromatic carbocycles. The third-order valence-electron chi connectivity index (χ3n) is 3.36. The van der Waals surface area contributed by atoms with Gasteiger partial charge in [-0.2, -0.15) is 0 Å². The molecule has 0 saturated carbocycles. The molecule has 7 nitrogen and oxygen atoms in total. The molecular weight excluding hydrogens is 318 g/mol. The molecule has 0 aliphatic heterocycles. The fraction of sp³-hybridized carbons (Fsp3) is 0.267. The highest BCUT2D eigenvalue weighted by molar-refractivity contribution is 7.10. The highest BCUT2D eigenvalue weighted by atomic mass is 32.1. The second-order valence-corrected chi connectivity index (χ2v) is 5.86. The molecule has 2 amide bonds. The first-order valence-corrected chi connectivity index (χ1v) is 7.86. The standard InChI is InChI=1S/C15H17N3O4S/c1-10-11(4-2-5-13(10)18(21)22)16-15(20)17-12(7-8-19)14-6-3-9-23-14/h2-6,9,12,19H,7-8H2,1H3,(H2,16,17,20)/t12-/m1/s1. The van der Waals surface area contributed by atoms with Gasteiger partial charge in [0, 0.05) is 17.6 Å². The van der Waals surface area contributed by atoms with Crippen molar-refractivity contribution < 1.29 is 14.8 Å². The zero-order valence-corrected chi connectivity index (χ0v) is 13.3. The number of nitro benzene ring substituents is 1. The summed E-state index contributed by atoms with van der Waals surface area (Å²) in [5.41, 5.74) is 0.723. The predicted molar refractivity (Wildman–Crippen MR) is 88.8 cm³/mol. The van der Waals surface area contributed by atoms with Crippen molar-refractivity contribution in [3.63, 3.8) is 0 Å². The van der Waals surface area contributed by atoms with Gasteiger partial charge in [-0.1, -0.05) is 12.1 Å². The van der Waals surface area contributed by atoms with Crippen molar-refractivity contribution in [3.8, 4) is 0 Å². The van der Waals surface area contributed by atoms with Gasteiger partial charge in [0.15, 0.2) is 0 Å². The minimum atomic E-state index is -0.487. The number of nitrogens with zero attached hydrogens (tertiary/aromatic N) is 1. The average molecular weight is 335 g/mol. The molecule has 23 heavy (non-hydrogen) atoms. The van der Waals surface area contributed by atoms with Crippen LogP contribution in [0.15, 0.2) is 35.7 Å². The number of carbonyl (C=O) groups excluding carboxylic acids is 1. The van der Waals surface area contributed by atoms with Crippen LogP contribution in [-0.4, -0.2) is 22.7 Å². The number of anilines is 1. The van der Waals surface area contributed by atoms with Crippen LogP contribution in [0.4, 0.5) is 16.2 Å². The van der Waals surface area contributed by atoms with Crippen molar-refractivity contribution in [1.29, 1.82) is 0 Å². The lowest BCUT2D eigenvalue weighted by Gasteiger charge is -2.17. The Labute approximate surface area is 137 Å². The summed E-state index contributed by atoms with van der Waals surface area (Å²) in [6.07, 6.45) is 0.391. The first-order chi connectivity index (χ1) is 11.0. The van der Waals surface area contributed by atoms with E-state index in [1.54, 1.807) is 13.0 Å². The fourth-order valence-electron chi connectivity index (χ4n) is 2.18. The van der Waals surface area contributed by atoms with Crippen molar-refractivity contribution in [2.75, 3.05) is 11.9 Å². The van der Waals surface area contributed by atoms with Crippen LogP contribution >= 0.6 is 11.3 Å². The zero-order valence-electron chi connectivity index (χ0n) is 12.5. The molecule has 0 radical (unpaired) electrons. The predicted octanol–water partition coefficient (Wildman–Crippen LogP) is 3.21. The van der Waals surface area contributed by atoms with Crippen molar-refractivity contribution in [1.82, 2.24) is 5.32 Å². The molecular formula is C15H17N3O4S. The number of nitrogens with one attached hydrogen (secondary N) is 2. The van der Waals surface area contributed by atoms with Gasteiger partial charge in [0.25, 0.3) is 5.69 Å². The number of urea groups is 1. The molecule has 0 spiro atoms. The Hall–Kier alpha value is -2.45. The monoisotopic (exact) mass is 335 g/mol. The molecule has 2 aromatic rings. The van der Waals surface area contributed by atoms with Gasteiger partial charge in [-0.15, -0.1) is 11.3 Å². The van der Waals surface area contributed by atoms with Crippen molar-refractivity contribution in [2.24, 2.45) is 0 Å². The molecule has 1 atom stereocenters. The van der Waals surface area contributed by atoms with Crippen LogP contribution < -0.4 is 10.6 Å². The van der Waals surface area contributed by atoms with Crippen LogP contribution in [0.25, 0.3) is 0 Å². The number of aliphatic hydroxyl groups excluding tert-OH is 1. The second kappa shape index (κ2) is 7.70. The van der Waals surface area contributed by atoms with Crippen LogP contribution in [0.2, 0.25) is 0 Å². The quantitative estimate of drug-likeness (QED) is 0.557. The largest absolute Gasteiger partial charge is 0.396 e. The molecule has 0 bridgehead atoms. The van der Waals surface area contributed by atoms with E-state index < -0.39 is 11.0 Å². The van der Waals surface area contributed by atoms with Crippen LogP contribution in [0.3, 0.4) is 0 Å². The van der Waals surface area contributed by atoms with Gasteiger partial charge in [0.1, 0.15) is 0 Å².